The Bertz CT molecular complexity index is 828. The highest BCUT2D eigenvalue weighted by molar-refractivity contribution is 5.92. The first-order valence-corrected chi connectivity index (χ1v) is 9.26. The maximum absolute atomic E-state index is 12.5. The molecule has 0 spiro atoms. The number of piperazine rings is 1. The first kappa shape index (κ1) is 19.5. The molecule has 0 saturated carbocycles. The van der Waals surface area contributed by atoms with E-state index in [1.54, 1.807) is 31.5 Å². The van der Waals surface area contributed by atoms with Crippen molar-refractivity contribution in [2.75, 3.05) is 44.8 Å². The van der Waals surface area contributed by atoms with Crippen LogP contribution in [0.1, 0.15) is 5.56 Å². The first-order valence-electron chi connectivity index (χ1n) is 9.26. The molecule has 6 nitrogen and oxygen atoms in total. The molecule has 6 heteroatoms. The van der Waals surface area contributed by atoms with Crippen LogP contribution in [-0.2, 0) is 4.79 Å². The van der Waals surface area contributed by atoms with Crippen LogP contribution >= 0.6 is 0 Å². The Kier molecular flexibility index (Phi) is 6.68. The van der Waals surface area contributed by atoms with Crippen LogP contribution in [0.25, 0.3) is 6.08 Å². The lowest BCUT2D eigenvalue weighted by atomic mass is 10.2. The second kappa shape index (κ2) is 9.60. The Morgan fingerprint density at radius 1 is 1.18 bits per heavy atom. The van der Waals surface area contributed by atoms with Gasteiger partial charge in [0, 0.05) is 38.5 Å². The average molecular weight is 379 g/mol. The average Bonchev–Trinajstić information content (AvgIpc) is 2.77. The van der Waals surface area contributed by atoms with Crippen molar-refractivity contribution in [2.45, 2.75) is 0 Å². The van der Waals surface area contributed by atoms with Gasteiger partial charge in [0.15, 0.2) is 11.5 Å². The van der Waals surface area contributed by atoms with Crippen LogP contribution in [-0.4, -0.2) is 55.7 Å². The predicted molar refractivity (Wildman–Crippen MR) is 111 cm³/mol. The van der Waals surface area contributed by atoms with Gasteiger partial charge in [0.2, 0.25) is 5.91 Å². The molecule has 3 rings (SSSR count). The van der Waals surface area contributed by atoms with Crippen molar-refractivity contribution in [1.82, 2.24) is 9.88 Å². The molecule has 0 unspecified atom stereocenters. The minimum atomic E-state index is 0.00613. The Balaban J connectivity index is 1.57. The number of methoxy groups -OCH3 is 1. The summed E-state index contributed by atoms with van der Waals surface area (Å²) in [4.78, 5) is 20.9. The molecule has 0 N–H and O–H groups in total. The van der Waals surface area contributed by atoms with E-state index in [1.165, 1.54) is 0 Å². The number of nitrogens with zero attached hydrogens (tertiary/aromatic N) is 3. The molecule has 1 saturated heterocycles. The number of anilines is 1. The zero-order valence-electron chi connectivity index (χ0n) is 16.1. The molecule has 2 heterocycles. The fourth-order valence-corrected chi connectivity index (χ4v) is 3.03. The van der Waals surface area contributed by atoms with E-state index < -0.39 is 0 Å². The summed E-state index contributed by atoms with van der Waals surface area (Å²) in [7, 11) is 1.59. The molecule has 1 aliphatic heterocycles. The highest BCUT2D eigenvalue weighted by Crippen LogP contribution is 2.28. The number of amides is 1. The normalized spacial score (nSPS) is 14.2. The summed E-state index contributed by atoms with van der Waals surface area (Å²) >= 11 is 0. The lowest BCUT2D eigenvalue weighted by Crippen LogP contribution is -2.48. The van der Waals surface area contributed by atoms with Crippen LogP contribution in [0.3, 0.4) is 0 Å². The van der Waals surface area contributed by atoms with Gasteiger partial charge in [-0.1, -0.05) is 24.8 Å². The molecule has 1 aliphatic rings. The van der Waals surface area contributed by atoms with E-state index in [0.29, 0.717) is 31.2 Å². The SMILES string of the molecule is C=CCOc1ccc(/C=C/C(=O)N2CCN(c3ccccn3)CC2)cc1OC. The summed E-state index contributed by atoms with van der Waals surface area (Å²) < 4.78 is 10.9. The minimum Gasteiger partial charge on any atom is -0.493 e. The molecule has 1 amide bonds. The van der Waals surface area contributed by atoms with Crippen LogP contribution in [0.2, 0.25) is 0 Å². The molecule has 146 valence electrons. The standard InChI is InChI=1S/C22H25N3O3/c1-3-16-28-19-9-7-18(17-20(19)27-2)8-10-22(26)25-14-12-24(13-15-25)21-6-4-5-11-23-21/h3-11,17H,1,12-16H2,2H3/b10-8+. The van der Waals surface area contributed by atoms with E-state index >= 15 is 0 Å². The number of benzene rings is 1. The summed E-state index contributed by atoms with van der Waals surface area (Å²) in [6, 6.07) is 11.4. The van der Waals surface area contributed by atoms with Crippen molar-refractivity contribution in [3.05, 3.63) is 66.9 Å². The molecular formula is C22H25N3O3. The fourth-order valence-electron chi connectivity index (χ4n) is 3.03. The number of carbonyl (C=O) groups is 1. The molecule has 2 aromatic rings. The van der Waals surface area contributed by atoms with Crippen LogP contribution in [0, 0.1) is 0 Å². The van der Waals surface area contributed by atoms with Crippen LogP contribution in [0.5, 0.6) is 11.5 Å². The van der Waals surface area contributed by atoms with Gasteiger partial charge in [-0.05, 0) is 35.9 Å². The van der Waals surface area contributed by atoms with Crippen molar-refractivity contribution >= 4 is 17.8 Å². The number of aromatic nitrogens is 1. The minimum absolute atomic E-state index is 0.00613. The number of hydrogen-bond acceptors (Lipinski definition) is 5. The van der Waals surface area contributed by atoms with E-state index in [-0.39, 0.29) is 5.91 Å². The van der Waals surface area contributed by atoms with Crippen LogP contribution in [0.4, 0.5) is 5.82 Å². The molecule has 0 aliphatic carbocycles. The van der Waals surface area contributed by atoms with Gasteiger partial charge < -0.3 is 19.3 Å². The van der Waals surface area contributed by atoms with Crippen molar-refractivity contribution in [1.29, 1.82) is 0 Å². The van der Waals surface area contributed by atoms with E-state index in [0.717, 1.165) is 24.5 Å². The molecule has 0 atom stereocenters. The van der Waals surface area contributed by atoms with Crippen molar-refractivity contribution in [3.8, 4) is 11.5 Å². The fraction of sp³-hybridized carbons (Fsp3) is 0.273. The van der Waals surface area contributed by atoms with Crippen LogP contribution in [0.15, 0.2) is 61.3 Å². The molecule has 1 aromatic heterocycles. The summed E-state index contributed by atoms with van der Waals surface area (Å²) in [5.74, 6) is 2.24. The van der Waals surface area contributed by atoms with Gasteiger partial charge in [-0.15, -0.1) is 0 Å². The van der Waals surface area contributed by atoms with E-state index in [4.69, 9.17) is 9.47 Å². The number of rotatable bonds is 7. The Hall–Kier alpha value is -3.28. The topological polar surface area (TPSA) is 54.9 Å². The van der Waals surface area contributed by atoms with Gasteiger partial charge in [-0.2, -0.15) is 0 Å². The van der Waals surface area contributed by atoms with Gasteiger partial charge in [0.1, 0.15) is 12.4 Å². The van der Waals surface area contributed by atoms with Gasteiger partial charge in [0.05, 0.1) is 7.11 Å². The van der Waals surface area contributed by atoms with Gasteiger partial charge >= 0.3 is 0 Å². The lowest BCUT2D eigenvalue weighted by Gasteiger charge is -2.34. The second-order valence-corrected chi connectivity index (χ2v) is 6.34. The number of carbonyl (C=O) groups excluding carboxylic acids is 1. The van der Waals surface area contributed by atoms with Crippen LogP contribution < -0.4 is 14.4 Å². The number of hydrogen-bond donors (Lipinski definition) is 0. The Morgan fingerprint density at radius 3 is 2.68 bits per heavy atom. The van der Waals surface area contributed by atoms with Crippen molar-refractivity contribution in [2.24, 2.45) is 0 Å². The smallest absolute Gasteiger partial charge is 0.246 e. The Labute approximate surface area is 165 Å². The summed E-state index contributed by atoms with van der Waals surface area (Å²) in [6.45, 7) is 6.96. The monoisotopic (exact) mass is 379 g/mol. The number of ether oxygens (including phenoxy) is 2. The third kappa shape index (κ3) is 4.91. The molecular weight excluding hydrogens is 354 g/mol. The van der Waals surface area contributed by atoms with E-state index in [2.05, 4.69) is 16.5 Å². The third-order valence-electron chi connectivity index (χ3n) is 4.53. The zero-order valence-corrected chi connectivity index (χ0v) is 16.1. The maximum Gasteiger partial charge on any atom is 0.246 e. The number of pyridine rings is 1. The largest absolute Gasteiger partial charge is 0.493 e. The molecule has 1 fully saturated rings. The van der Waals surface area contributed by atoms with Gasteiger partial charge in [-0.3, -0.25) is 4.79 Å². The second-order valence-electron chi connectivity index (χ2n) is 6.34. The molecule has 28 heavy (non-hydrogen) atoms. The predicted octanol–water partition coefficient (Wildman–Crippen LogP) is 3.02. The molecule has 0 radical (unpaired) electrons. The maximum atomic E-state index is 12.5. The van der Waals surface area contributed by atoms with Crippen molar-refractivity contribution < 1.29 is 14.3 Å². The molecule has 0 bridgehead atoms. The summed E-state index contributed by atoms with van der Waals surface area (Å²) in [5, 5.41) is 0. The van der Waals surface area contributed by atoms with Gasteiger partial charge in [-0.25, -0.2) is 4.98 Å². The van der Waals surface area contributed by atoms with Gasteiger partial charge in [0.25, 0.3) is 0 Å². The lowest BCUT2D eigenvalue weighted by molar-refractivity contribution is -0.126. The third-order valence-corrected chi connectivity index (χ3v) is 4.53. The first-order chi connectivity index (χ1) is 13.7. The quantitative estimate of drug-likeness (QED) is 0.547. The summed E-state index contributed by atoms with van der Waals surface area (Å²) in [6.07, 6.45) is 6.87. The highest BCUT2D eigenvalue weighted by Gasteiger charge is 2.20. The summed E-state index contributed by atoms with van der Waals surface area (Å²) in [5.41, 5.74) is 0.878. The van der Waals surface area contributed by atoms with Crippen molar-refractivity contribution in [3.63, 3.8) is 0 Å². The van der Waals surface area contributed by atoms with E-state index in [1.807, 2.05) is 41.3 Å². The molecule has 1 aromatic carbocycles. The van der Waals surface area contributed by atoms with E-state index in [9.17, 15) is 4.79 Å². The zero-order chi connectivity index (χ0) is 19.8. The Morgan fingerprint density at radius 2 is 2.00 bits per heavy atom. The highest BCUT2D eigenvalue weighted by atomic mass is 16.5.